The van der Waals surface area contributed by atoms with Crippen LogP contribution >= 0.6 is 0 Å². The van der Waals surface area contributed by atoms with Gasteiger partial charge in [0.25, 0.3) is 0 Å². The van der Waals surface area contributed by atoms with Crippen molar-refractivity contribution in [2.24, 2.45) is 11.8 Å². The number of hydrogen-bond acceptors (Lipinski definition) is 8. The second kappa shape index (κ2) is 8.61. The van der Waals surface area contributed by atoms with Crippen LogP contribution in [-0.4, -0.2) is 51.2 Å². The quantitative estimate of drug-likeness (QED) is 0.522. The Labute approximate surface area is 174 Å². The molecule has 0 saturated carbocycles. The number of carbonyl (C=O) groups excluding carboxylic acids is 1. The zero-order valence-corrected chi connectivity index (χ0v) is 17.6. The van der Waals surface area contributed by atoms with E-state index in [-0.39, 0.29) is 47.6 Å². The third-order valence-electron chi connectivity index (χ3n) is 5.56. The predicted molar refractivity (Wildman–Crippen MR) is 108 cm³/mol. The number of esters is 1. The summed E-state index contributed by atoms with van der Waals surface area (Å²) in [6.07, 6.45) is 0. The van der Waals surface area contributed by atoms with E-state index in [1.807, 2.05) is 6.92 Å². The topological polar surface area (TPSA) is 104 Å². The van der Waals surface area contributed by atoms with Crippen molar-refractivity contribution in [1.82, 2.24) is 0 Å². The first-order valence-electron chi connectivity index (χ1n) is 9.42. The van der Waals surface area contributed by atoms with Gasteiger partial charge >= 0.3 is 5.97 Å². The maximum atomic E-state index is 12.1. The molecular formula is C22H26O8. The molecule has 30 heavy (non-hydrogen) atoms. The SMILES string of the molecule is COc1cc(C(c2cc(OC)c(OC)c(OC)c2)[C@@H]2COC(=O)[C@H]2C)cc(O)c1O. The standard InChI is InChI=1S/C22H26O8/c1-11-14(10-30-22(11)25)19(12-6-15(23)20(24)16(7-12)26-2)13-8-17(27-3)21(29-5)18(9-13)28-4/h6-9,11,14,19,23-24H,10H2,1-5H3/t11-,14+,19?/m0/s1. The van der Waals surface area contributed by atoms with Crippen LogP contribution < -0.4 is 18.9 Å². The van der Waals surface area contributed by atoms with Gasteiger partial charge in [0.15, 0.2) is 23.0 Å². The first-order chi connectivity index (χ1) is 14.4. The highest BCUT2D eigenvalue weighted by molar-refractivity contribution is 5.75. The Hall–Kier alpha value is -3.29. The first-order valence-corrected chi connectivity index (χ1v) is 9.42. The van der Waals surface area contributed by atoms with E-state index in [4.69, 9.17) is 23.7 Å². The van der Waals surface area contributed by atoms with Crippen LogP contribution in [0.5, 0.6) is 34.5 Å². The third-order valence-corrected chi connectivity index (χ3v) is 5.56. The highest BCUT2D eigenvalue weighted by Crippen LogP contribution is 2.48. The van der Waals surface area contributed by atoms with Crippen LogP contribution in [0, 0.1) is 11.8 Å². The molecule has 1 aliphatic heterocycles. The molecule has 1 aliphatic rings. The molecule has 3 rings (SSSR count). The van der Waals surface area contributed by atoms with Crippen LogP contribution in [0.4, 0.5) is 0 Å². The van der Waals surface area contributed by atoms with Crippen LogP contribution in [0.1, 0.15) is 24.0 Å². The average Bonchev–Trinajstić information content (AvgIpc) is 3.08. The van der Waals surface area contributed by atoms with Gasteiger partial charge in [0.05, 0.1) is 41.0 Å². The van der Waals surface area contributed by atoms with Gasteiger partial charge in [-0.25, -0.2) is 0 Å². The molecule has 1 unspecified atom stereocenters. The largest absolute Gasteiger partial charge is 0.504 e. The maximum absolute atomic E-state index is 12.1. The van der Waals surface area contributed by atoms with E-state index in [0.717, 1.165) is 5.56 Å². The molecule has 2 aromatic rings. The molecule has 8 nitrogen and oxygen atoms in total. The Morgan fingerprint density at radius 2 is 1.43 bits per heavy atom. The van der Waals surface area contributed by atoms with Crippen molar-refractivity contribution in [3.05, 3.63) is 35.4 Å². The number of hydrogen-bond donors (Lipinski definition) is 2. The summed E-state index contributed by atoms with van der Waals surface area (Å²) >= 11 is 0. The predicted octanol–water partition coefficient (Wildman–Crippen LogP) is 3.07. The van der Waals surface area contributed by atoms with Gasteiger partial charge < -0.3 is 33.9 Å². The molecule has 8 heteroatoms. The summed E-state index contributed by atoms with van der Waals surface area (Å²) in [7, 11) is 5.97. The summed E-state index contributed by atoms with van der Waals surface area (Å²) in [6, 6.07) is 6.70. The second-order valence-corrected chi connectivity index (χ2v) is 7.11. The fraction of sp³-hybridized carbons (Fsp3) is 0.409. The molecule has 3 atom stereocenters. The third kappa shape index (κ3) is 3.65. The van der Waals surface area contributed by atoms with Crippen molar-refractivity contribution in [1.29, 1.82) is 0 Å². The number of cyclic esters (lactones) is 1. The fourth-order valence-electron chi connectivity index (χ4n) is 3.93. The Balaban J connectivity index is 2.24. The molecule has 1 heterocycles. The maximum Gasteiger partial charge on any atom is 0.309 e. The molecule has 0 bridgehead atoms. The van der Waals surface area contributed by atoms with Gasteiger partial charge in [-0.1, -0.05) is 6.92 Å². The van der Waals surface area contributed by atoms with E-state index in [2.05, 4.69) is 0 Å². The van der Waals surface area contributed by atoms with Gasteiger partial charge in [0.1, 0.15) is 0 Å². The number of benzene rings is 2. The summed E-state index contributed by atoms with van der Waals surface area (Å²) in [6.45, 7) is 2.02. The lowest BCUT2D eigenvalue weighted by atomic mass is 9.76. The van der Waals surface area contributed by atoms with Crippen molar-refractivity contribution in [2.75, 3.05) is 35.0 Å². The minimum atomic E-state index is -0.388. The van der Waals surface area contributed by atoms with Crippen molar-refractivity contribution in [3.63, 3.8) is 0 Å². The molecule has 2 aromatic carbocycles. The van der Waals surface area contributed by atoms with E-state index in [1.165, 1.54) is 34.5 Å². The van der Waals surface area contributed by atoms with Gasteiger partial charge in [0.2, 0.25) is 11.5 Å². The average molecular weight is 418 g/mol. The molecule has 162 valence electrons. The van der Waals surface area contributed by atoms with Crippen LogP contribution in [0.3, 0.4) is 0 Å². The summed E-state index contributed by atoms with van der Waals surface area (Å²) in [4.78, 5) is 12.1. The van der Waals surface area contributed by atoms with E-state index >= 15 is 0 Å². The zero-order chi connectivity index (χ0) is 22.0. The number of methoxy groups -OCH3 is 4. The van der Waals surface area contributed by atoms with E-state index in [1.54, 1.807) is 18.2 Å². The summed E-state index contributed by atoms with van der Waals surface area (Å²) in [5, 5.41) is 20.3. The monoisotopic (exact) mass is 418 g/mol. The lowest BCUT2D eigenvalue weighted by molar-refractivity contribution is -0.140. The summed E-state index contributed by atoms with van der Waals surface area (Å²) in [5.41, 5.74) is 1.42. The van der Waals surface area contributed by atoms with E-state index < -0.39 is 0 Å². The minimum Gasteiger partial charge on any atom is -0.504 e. The number of carbonyl (C=O) groups is 1. The normalized spacial score (nSPS) is 19.2. The van der Waals surface area contributed by atoms with Crippen LogP contribution in [0.25, 0.3) is 0 Å². The number of aromatic hydroxyl groups is 2. The van der Waals surface area contributed by atoms with E-state index in [9.17, 15) is 15.0 Å². The van der Waals surface area contributed by atoms with Crippen molar-refractivity contribution in [3.8, 4) is 34.5 Å². The number of ether oxygens (including phenoxy) is 5. The van der Waals surface area contributed by atoms with E-state index in [0.29, 0.717) is 22.8 Å². The van der Waals surface area contributed by atoms with Gasteiger partial charge in [-0.05, 0) is 35.4 Å². The number of rotatable bonds is 7. The minimum absolute atomic E-state index is 0.125. The van der Waals surface area contributed by atoms with Gasteiger partial charge in [-0.3, -0.25) is 4.79 Å². The molecule has 0 spiro atoms. The van der Waals surface area contributed by atoms with Crippen molar-refractivity contribution < 1.29 is 38.7 Å². The molecule has 0 radical (unpaired) electrons. The Kier molecular flexibility index (Phi) is 6.14. The van der Waals surface area contributed by atoms with Crippen LogP contribution in [0.15, 0.2) is 24.3 Å². The highest BCUT2D eigenvalue weighted by atomic mass is 16.5. The van der Waals surface area contributed by atoms with Gasteiger partial charge in [-0.2, -0.15) is 0 Å². The first kappa shape index (κ1) is 21.4. The second-order valence-electron chi connectivity index (χ2n) is 7.11. The Morgan fingerprint density at radius 3 is 1.90 bits per heavy atom. The van der Waals surface area contributed by atoms with Crippen LogP contribution in [-0.2, 0) is 9.53 Å². The molecule has 0 aromatic heterocycles. The Bertz CT molecular complexity index is 914. The van der Waals surface area contributed by atoms with Gasteiger partial charge in [-0.15, -0.1) is 0 Å². The van der Waals surface area contributed by atoms with Crippen LogP contribution in [0.2, 0.25) is 0 Å². The summed E-state index contributed by atoms with van der Waals surface area (Å²) < 4.78 is 26.9. The highest BCUT2D eigenvalue weighted by Gasteiger charge is 2.41. The molecule has 1 fully saturated rings. The molecular weight excluding hydrogens is 392 g/mol. The lowest BCUT2D eigenvalue weighted by Gasteiger charge is -2.27. The smallest absolute Gasteiger partial charge is 0.309 e. The molecule has 0 aliphatic carbocycles. The van der Waals surface area contributed by atoms with Crippen molar-refractivity contribution in [2.45, 2.75) is 12.8 Å². The Morgan fingerprint density at radius 1 is 0.900 bits per heavy atom. The fourth-order valence-corrected chi connectivity index (χ4v) is 3.93. The molecule has 1 saturated heterocycles. The van der Waals surface area contributed by atoms with Crippen molar-refractivity contribution >= 4 is 5.97 Å². The summed E-state index contributed by atoms with van der Waals surface area (Å²) in [5.74, 6) is -0.454. The van der Waals surface area contributed by atoms with Gasteiger partial charge in [0, 0.05) is 11.8 Å². The molecule has 2 N–H and O–H groups in total. The molecule has 0 amide bonds. The number of phenols is 2. The lowest BCUT2D eigenvalue weighted by Crippen LogP contribution is -2.22. The zero-order valence-electron chi connectivity index (χ0n) is 17.6. The number of phenolic OH excluding ortho intramolecular Hbond substituents is 2.